The van der Waals surface area contributed by atoms with Gasteiger partial charge in [0, 0.05) is 44.7 Å². The molecular formula is C15H18N4O3. The Morgan fingerprint density at radius 3 is 2.36 bits per heavy atom. The number of anilines is 1. The van der Waals surface area contributed by atoms with E-state index >= 15 is 0 Å². The SMILES string of the molecule is O=C1CCC(C(=O)N2CCN(c3ccc(O)cc3)CC2)=NN1. The highest BCUT2D eigenvalue weighted by atomic mass is 16.3. The number of aromatic hydroxyl groups is 1. The number of benzene rings is 1. The van der Waals surface area contributed by atoms with Crippen LogP contribution in [0.15, 0.2) is 29.4 Å². The fraction of sp³-hybridized carbons (Fsp3) is 0.400. The van der Waals surface area contributed by atoms with Crippen molar-refractivity contribution in [2.45, 2.75) is 12.8 Å². The lowest BCUT2D eigenvalue weighted by atomic mass is 10.1. The molecule has 1 aromatic carbocycles. The van der Waals surface area contributed by atoms with Gasteiger partial charge < -0.3 is 14.9 Å². The maximum atomic E-state index is 12.3. The zero-order valence-electron chi connectivity index (χ0n) is 12.2. The summed E-state index contributed by atoms with van der Waals surface area (Å²) in [6.45, 7) is 2.70. The number of hydrazone groups is 1. The fourth-order valence-corrected chi connectivity index (χ4v) is 2.64. The molecule has 2 aliphatic heterocycles. The van der Waals surface area contributed by atoms with Gasteiger partial charge in [0.1, 0.15) is 11.5 Å². The molecule has 1 aromatic rings. The van der Waals surface area contributed by atoms with E-state index in [0.29, 0.717) is 31.6 Å². The van der Waals surface area contributed by atoms with Crippen molar-refractivity contribution in [1.29, 1.82) is 0 Å². The van der Waals surface area contributed by atoms with Crippen LogP contribution in [0.5, 0.6) is 5.75 Å². The molecule has 0 aromatic heterocycles. The van der Waals surface area contributed by atoms with Crippen molar-refractivity contribution < 1.29 is 14.7 Å². The number of phenols is 1. The van der Waals surface area contributed by atoms with E-state index < -0.39 is 0 Å². The van der Waals surface area contributed by atoms with E-state index in [1.54, 1.807) is 17.0 Å². The first-order chi connectivity index (χ1) is 10.6. The lowest BCUT2D eigenvalue weighted by molar-refractivity contribution is -0.124. The van der Waals surface area contributed by atoms with Gasteiger partial charge in [0.05, 0.1) is 0 Å². The van der Waals surface area contributed by atoms with Crippen molar-refractivity contribution >= 4 is 23.2 Å². The maximum absolute atomic E-state index is 12.3. The quantitative estimate of drug-likeness (QED) is 0.823. The second-order valence-electron chi connectivity index (χ2n) is 5.39. The van der Waals surface area contributed by atoms with Crippen LogP contribution in [0, 0.1) is 0 Å². The van der Waals surface area contributed by atoms with E-state index in [1.165, 1.54) is 0 Å². The zero-order valence-corrected chi connectivity index (χ0v) is 12.2. The average molecular weight is 302 g/mol. The molecule has 3 rings (SSSR count). The van der Waals surface area contributed by atoms with Crippen molar-refractivity contribution in [3.05, 3.63) is 24.3 Å². The number of phenolic OH excluding ortho intramolecular Hbond substituents is 1. The molecule has 2 amide bonds. The second kappa shape index (κ2) is 6.05. The summed E-state index contributed by atoms with van der Waals surface area (Å²) in [5, 5.41) is 13.2. The number of hydrogen-bond acceptors (Lipinski definition) is 5. The van der Waals surface area contributed by atoms with Gasteiger partial charge in [-0.3, -0.25) is 9.59 Å². The third-order valence-electron chi connectivity index (χ3n) is 3.93. The van der Waals surface area contributed by atoms with Crippen LogP contribution in [0.25, 0.3) is 0 Å². The number of carbonyl (C=O) groups is 2. The van der Waals surface area contributed by atoms with Crippen molar-refractivity contribution in [3.63, 3.8) is 0 Å². The van der Waals surface area contributed by atoms with Crippen LogP contribution in [-0.2, 0) is 9.59 Å². The summed E-state index contributed by atoms with van der Waals surface area (Å²) >= 11 is 0. The predicted octanol–water partition coefficient (Wildman–Crippen LogP) is 0.307. The van der Waals surface area contributed by atoms with Crippen molar-refractivity contribution in [2.24, 2.45) is 5.10 Å². The Balaban J connectivity index is 1.58. The molecule has 7 heteroatoms. The van der Waals surface area contributed by atoms with E-state index in [1.807, 2.05) is 12.1 Å². The first-order valence-corrected chi connectivity index (χ1v) is 7.32. The summed E-state index contributed by atoms with van der Waals surface area (Å²) in [6, 6.07) is 7.06. The zero-order chi connectivity index (χ0) is 15.5. The average Bonchev–Trinajstić information content (AvgIpc) is 2.56. The van der Waals surface area contributed by atoms with Crippen LogP contribution in [0.4, 0.5) is 5.69 Å². The highest BCUT2D eigenvalue weighted by molar-refractivity contribution is 6.39. The number of rotatable bonds is 2. The minimum atomic E-state index is -0.145. The van der Waals surface area contributed by atoms with Crippen LogP contribution >= 0.6 is 0 Å². The van der Waals surface area contributed by atoms with Crippen molar-refractivity contribution in [3.8, 4) is 5.75 Å². The second-order valence-corrected chi connectivity index (χ2v) is 5.39. The van der Waals surface area contributed by atoms with Gasteiger partial charge in [0.2, 0.25) is 5.91 Å². The Morgan fingerprint density at radius 1 is 1.09 bits per heavy atom. The molecule has 0 radical (unpaired) electrons. The number of nitrogens with one attached hydrogen (secondary N) is 1. The highest BCUT2D eigenvalue weighted by Gasteiger charge is 2.26. The molecule has 2 N–H and O–H groups in total. The molecule has 1 saturated heterocycles. The minimum absolute atomic E-state index is 0.0923. The predicted molar refractivity (Wildman–Crippen MR) is 81.7 cm³/mol. The Labute approximate surface area is 128 Å². The molecular weight excluding hydrogens is 284 g/mol. The molecule has 1 fully saturated rings. The van der Waals surface area contributed by atoms with Gasteiger partial charge in [-0.05, 0) is 24.3 Å². The number of nitrogens with zero attached hydrogens (tertiary/aromatic N) is 3. The molecule has 0 unspecified atom stereocenters. The van der Waals surface area contributed by atoms with Crippen molar-refractivity contribution in [1.82, 2.24) is 10.3 Å². The Kier molecular flexibility index (Phi) is 3.95. The van der Waals surface area contributed by atoms with Crippen molar-refractivity contribution in [2.75, 3.05) is 31.1 Å². The first-order valence-electron chi connectivity index (χ1n) is 7.32. The highest BCUT2D eigenvalue weighted by Crippen LogP contribution is 2.20. The molecule has 0 saturated carbocycles. The van der Waals surface area contributed by atoms with Crippen LogP contribution < -0.4 is 10.3 Å². The summed E-state index contributed by atoms with van der Waals surface area (Å²) in [4.78, 5) is 27.3. The number of piperazine rings is 1. The molecule has 116 valence electrons. The molecule has 22 heavy (non-hydrogen) atoms. The smallest absolute Gasteiger partial charge is 0.270 e. The van der Waals surface area contributed by atoms with Gasteiger partial charge in [-0.2, -0.15) is 5.10 Å². The number of carbonyl (C=O) groups excluding carboxylic acids is 2. The van der Waals surface area contributed by atoms with Gasteiger partial charge in [-0.15, -0.1) is 0 Å². The summed E-state index contributed by atoms with van der Waals surface area (Å²) in [6.07, 6.45) is 0.723. The Bertz CT molecular complexity index is 604. The molecule has 0 spiro atoms. The fourth-order valence-electron chi connectivity index (χ4n) is 2.64. The normalized spacial score (nSPS) is 18.7. The summed E-state index contributed by atoms with van der Waals surface area (Å²) < 4.78 is 0. The summed E-state index contributed by atoms with van der Waals surface area (Å²) in [7, 11) is 0. The van der Waals surface area contributed by atoms with E-state index in [4.69, 9.17) is 0 Å². The van der Waals surface area contributed by atoms with Gasteiger partial charge in [-0.25, -0.2) is 5.43 Å². The molecule has 0 bridgehead atoms. The first kappa shape index (κ1) is 14.4. The lowest BCUT2D eigenvalue weighted by Gasteiger charge is -2.36. The van der Waals surface area contributed by atoms with Crippen LogP contribution in [0.3, 0.4) is 0 Å². The number of amides is 2. The lowest BCUT2D eigenvalue weighted by Crippen LogP contribution is -2.51. The Morgan fingerprint density at radius 2 is 1.77 bits per heavy atom. The van der Waals surface area contributed by atoms with Gasteiger partial charge in [0.15, 0.2) is 0 Å². The van der Waals surface area contributed by atoms with Gasteiger partial charge in [-0.1, -0.05) is 0 Å². The topological polar surface area (TPSA) is 85.2 Å². The van der Waals surface area contributed by atoms with Gasteiger partial charge >= 0.3 is 0 Å². The molecule has 0 aliphatic carbocycles. The van der Waals surface area contributed by atoms with E-state index in [9.17, 15) is 14.7 Å². The monoisotopic (exact) mass is 302 g/mol. The van der Waals surface area contributed by atoms with Gasteiger partial charge in [0.25, 0.3) is 5.91 Å². The summed E-state index contributed by atoms with van der Waals surface area (Å²) in [5.74, 6) is 0.00831. The molecule has 2 aliphatic rings. The maximum Gasteiger partial charge on any atom is 0.270 e. The number of hydrogen-bond donors (Lipinski definition) is 2. The minimum Gasteiger partial charge on any atom is -0.508 e. The molecule has 2 heterocycles. The van der Waals surface area contributed by atoms with Crippen LogP contribution in [0.2, 0.25) is 0 Å². The molecule has 0 atom stereocenters. The Hall–Kier alpha value is -2.57. The third-order valence-corrected chi connectivity index (χ3v) is 3.93. The standard InChI is InChI=1S/C15H18N4O3/c20-12-3-1-11(2-4-12)18-7-9-19(10-8-18)15(22)13-5-6-14(21)17-16-13/h1-4,20H,5-10H2,(H,17,21). The van der Waals surface area contributed by atoms with Crippen LogP contribution in [-0.4, -0.2) is 53.7 Å². The largest absolute Gasteiger partial charge is 0.508 e. The van der Waals surface area contributed by atoms with E-state index in [2.05, 4.69) is 15.4 Å². The van der Waals surface area contributed by atoms with Crippen LogP contribution in [0.1, 0.15) is 12.8 Å². The molecule has 7 nitrogen and oxygen atoms in total. The van der Waals surface area contributed by atoms with E-state index in [-0.39, 0.29) is 17.6 Å². The third kappa shape index (κ3) is 3.03. The van der Waals surface area contributed by atoms with E-state index in [0.717, 1.165) is 18.8 Å². The summed E-state index contributed by atoms with van der Waals surface area (Å²) in [5.41, 5.74) is 3.82.